The zero-order valence-corrected chi connectivity index (χ0v) is 18.6. The molecule has 9 heteroatoms. The number of sulfonamides is 1. The zero-order valence-electron chi connectivity index (χ0n) is 17.7. The maximum atomic E-state index is 12.8. The SMILES string of the molecule is CCS(=O)(=O)Nc1ccc(NC(=O)C2CCCCN2C(=O)OC(C)(C)C)cc1C. The van der Waals surface area contributed by atoms with E-state index in [1.807, 2.05) is 0 Å². The highest BCUT2D eigenvalue weighted by Gasteiger charge is 2.34. The van der Waals surface area contributed by atoms with Gasteiger partial charge in [0.05, 0.1) is 11.4 Å². The summed E-state index contributed by atoms with van der Waals surface area (Å²) in [5.74, 6) is -0.301. The van der Waals surface area contributed by atoms with Crippen LogP contribution >= 0.6 is 0 Å². The van der Waals surface area contributed by atoms with Gasteiger partial charge in [-0.2, -0.15) is 0 Å². The summed E-state index contributed by atoms with van der Waals surface area (Å²) in [5.41, 5.74) is 1.07. The second-order valence-corrected chi connectivity index (χ2v) is 10.2. The van der Waals surface area contributed by atoms with Gasteiger partial charge in [-0.3, -0.25) is 14.4 Å². The highest BCUT2D eigenvalue weighted by Crippen LogP contribution is 2.24. The van der Waals surface area contributed by atoms with Crippen LogP contribution in [0.2, 0.25) is 0 Å². The van der Waals surface area contributed by atoms with Crippen molar-refractivity contribution < 1.29 is 22.7 Å². The number of hydrogen-bond donors (Lipinski definition) is 2. The molecule has 2 amide bonds. The van der Waals surface area contributed by atoms with Gasteiger partial charge in [-0.25, -0.2) is 13.2 Å². The molecule has 1 aliphatic rings. The number of anilines is 2. The van der Waals surface area contributed by atoms with Crippen LogP contribution in [0.1, 0.15) is 52.5 Å². The molecule has 162 valence electrons. The highest BCUT2D eigenvalue weighted by atomic mass is 32.2. The number of nitrogens with zero attached hydrogens (tertiary/aromatic N) is 1. The minimum atomic E-state index is -3.38. The minimum Gasteiger partial charge on any atom is -0.444 e. The molecule has 0 saturated carbocycles. The number of carbonyl (C=O) groups is 2. The number of ether oxygens (including phenoxy) is 1. The Balaban J connectivity index is 2.11. The lowest BCUT2D eigenvalue weighted by Crippen LogP contribution is -2.51. The van der Waals surface area contributed by atoms with E-state index in [1.165, 1.54) is 4.90 Å². The fourth-order valence-electron chi connectivity index (χ4n) is 3.06. The van der Waals surface area contributed by atoms with E-state index in [9.17, 15) is 18.0 Å². The molecular weight excluding hydrogens is 394 g/mol. The van der Waals surface area contributed by atoms with Gasteiger partial charge in [-0.1, -0.05) is 0 Å². The number of hydrogen-bond acceptors (Lipinski definition) is 5. The van der Waals surface area contributed by atoms with Crippen LogP contribution in [0.15, 0.2) is 18.2 Å². The van der Waals surface area contributed by atoms with Crippen LogP contribution in [0.4, 0.5) is 16.2 Å². The fourth-order valence-corrected chi connectivity index (χ4v) is 3.77. The summed E-state index contributed by atoms with van der Waals surface area (Å²) >= 11 is 0. The van der Waals surface area contributed by atoms with Crippen molar-refractivity contribution in [3.63, 3.8) is 0 Å². The Hall–Kier alpha value is -2.29. The van der Waals surface area contributed by atoms with Crippen LogP contribution in [0.5, 0.6) is 0 Å². The predicted octanol–water partition coefficient (Wildman–Crippen LogP) is 3.48. The molecule has 1 unspecified atom stereocenters. The lowest BCUT2D eigenvalue weighted by atomic mass is 10.0. The van der Waals surface area contributed by atoms with Crippen molar-refractivity contribution in [2.45, 2.75) is 65.5 Å². The summed E-state index contributed by atoms with van der Waals surface area (Å²) in [6.45, 7) is 9.18. The molecule has 2 N–H and O–H groups in total. The summed E-state index contributed by atoms with van der Waals surface area (Å²) in [5, 5.41) is 2.84. The fraction of sp³-hybridized carbons (Fsp3) is 0.600. The number of rotatable bonds is 5. The van der Waals surface area contributed by atoms with Gasteiger partial charge in [0.2, 0.25) is 15.9 Å². The Morgan fingerprint density at radius 2 is 1.93 bits per heavy atom. The molecule has 1 heterocycles. The Bertz CT molecular complexity index is 861. The molecule has 1 atom stereocenters. The van der Waals surface area contributed by atoms with Crippen molar-refractivity contribution in [1.82, 2.24) is 4.90 Å². The number of amides is 2. The molecule has 0 aliphatic carbocycles. The van der Waals surface area contributed by atoms with Gasteiger partial charge < -0.3 is 10.1 Å². The van der Waals surface area contributed by atoms with E-state index in [0.29, 0.717) is 29.9 Å². The van der Waals surface area contributed by atoms with Crippen molar-refractivity contribution >= 4 is 33.4 Å². The van der Waals surface area contributed by atoms with Gasteiger partial charge in [0.25, 0.3) is 0 Å². The highest BCUT2D eigenvalue weighted by molar-refractivity contribution is 7.92. The summed E-state index contributed by atoms with van der Waals surface area (Å²) in [7, 11) is -3.38. The van der Waals surface area contributed by atoms with Crippen LogP contribution in [0.25, 0.3) is 0 Å². The summed E-state index contributed by atoms with van der Waals surface area (Å²) < 4.78 is 31.5. The van der Waals surface area contributed by atoms with E-state index in [1.54, 1.807) is 52.8 Å². The summed E-state index contributed by atoms with van der Waals surface area (Å²) in [4.78, 5) is 26.8. The maximum Gasteiger partial charge on any atom is 0.410 e. The van der Waals surface area contributed by atoms with Gasteiger partial charge in [-0.05, 0) is 77.6 Å². The lowest BCUT2D eigenvalue weighted by molar-refractivity contribution is -0.122. The van der Waals surface area contributed by atoms with Crippen molar-refractivity contribution in [2.24, 2.45) is 0 Å². The molecule has 0 radical (unpaired) electrons. The maximum absolute atomic E-state index is 12.8. The van der Waals surface area contributed by atoms with Crippen LogP contribution in [-0.2, 0) is 19.6 Å². The predicted molar refractivity (Wildman–Crippen MR) is 113 cm³/mol. The molecule has 1 aromatic rings. The largest absolute Gasteiger partial charge is 0.444 e. The monoisotopic (exact) mass is 425 g/mol. The number of benzene rings is 1. The number of nitrogens with one attached hydrogen (secondary N) is 2. The lowest BCUT2D eigenvalue weighted by Gasteiger charge is -2.35. The first-order chi connectivity index (χ1) is 13.4. The Labute approximate surface area is 173 Å². The number of aryl methyl sites for hydroxylation is 1. The third kappa shape index (κ3) is 6.62. The molecule has 0 aromatic heterocycles. The van der Waals surface area contributed by atoms with Gasteiger partial charge in [-0.15, -0.1) is 0 Å². The minimum absolute atomic E-state index is 0.0207. The quantitative estimate of drug-likeness (QED) is 0.751. The Kier molecular flexibility index (Phi) is 7.15. The molecular formula is C20H31N3O5S. The van der Waals surface area contributed by atoms with Crippen molar-refractivity contribution in [1.29, 1.82) is 0 Å². The number of carbonyl (C=O) groups excluding carboxylic acids is 2. The van der Waals surface area contributed by atoms with E-state index < -0.39 is 27.8 Å². The molecule has 0 spiro atoms. The van der Waals surface area contributed by atoms with Crippen molar-refractivity contribution in [3.8, 4) is 0 Å². The number of piperidine rings is 1. The smallest absolute Gasteiger partial charge is 0.410 e. The summed E-state index contributed by atoms with van der Waals surface area (Å²) in [6, 6.07) is 4.35. The molecule has 0 bridgehead atoms. The molecule has 1 fully saturated rings. The first-order valence-corrected chi connectivity index (χ1v) is 11.5. The first-order valence-electron chi connectivity index (χ1n) is 9.83. The van der Waals surface area contributed by atoms with Crippen LogP contribution in [-0.4, -0.2) is 49.3 Å². The molecule has 1 aromatic carbocycles. The first kappa shape index (κ1) is 23.0. The zero-order chi connectivity index (χ0) is 21.8. The van der Waals surface area contributed by atoms with E-state index in [-0.39, 0.29) is 11.7 Å². The third-order valence-corrected chi connectivity index (χ3v) is 5.86. The van der Waals surface area contributed by atoms with Crippen molar-refractivity contribution in [3.05, 3.63) is 23.8 Å². The van der Waals surface area contributed by atoms with Crippen LogP contribution in [0, 0.1) is 6.92 Å². The van der Waals surface area contributed by atoms with E-state index in [4.69, 9.17) is 4.74 Å². The Morgan fingerprint density at radius 3 is 2.52 bits per heavy atom. The standard InChI is InChI=1S/C20H31N3O5S/c1-6-29(26,27)22-16-11-10-15(13-14(16)2)21-18(24)17-9-7-8-12-23(17)19(25)28-20(3,4)5/h10-11,13,17,22H,6-9,12H2,1-5H3,(H,21,24). The van der Waals surface area contributed by atoms with Gasteiger partial charge in [0.15, 0.2) is 0 Å². The normalized spacial score (nSPS) is 17.6. The third-order valence-electron chi connectivity index (χ3n) is 4.57. The van der Waals surface area contributed by atoms with E-state index in [0.717, 1.165) is 12.8 Å². The molecule has 8 nitrogen and oxygen atoms in total. The molecule has 1 aliphatic heterocycles. The molecule has 1 saturated heterocycles. The second kappa shape index (κ2) is 9.02. The average Bonchev–Trinajstić information content (AvgIpc) is 2.62. The number of likely N-dealkylation sites (tertiary alicyclic amines) is 1. The second-order valence-electron chi connectivity index (χ2n) is 8.21. The molecule has 2 rings (SSSR count). The van der Waals surface area contributed by atoms with Crippen molar-refractivity contribution in [2.75, 3.05) is 22.3 Å². The van der Waals surface area contributed by atoms with E-state index >= 15 is 0 Å². The van der Waals surface area contributed by atoms with Gasteiger partial charge in [0.1, 0.15) is 11.6 Å². The topological polar surface area (TPSA) is 105 Å². The molecule has 29 heavy (non-hydrogen) atoms. The summed E-state index contributed by atoms with van der Waals surface area (Å²) in [6.07, 6.45) is 1.76. The van der Waals surface area contributed by atoms with Gasteiger partial charge >= 0.3 is 6.09 Å². The Morgan fingerprint density at radius 1 is 1.24 bits per heavy atom. The van der Waals surface area contributed by atoms with Crippen LogP contribution in [0.3, 0.4) is 0 Å². The van der Waals surface area contributed by atoms with Crippen LogP contribution < -0.4 is 10.0 Å². The van der Waals surface area contributed by atoms with Gasteiger partial charge in [0, 0.05) is 12.2 Å². The average molecular weight is 426 g/mol. The van der Waals surface area contributed by atoms with E-state index in [2.05, 4.69) is 10.0 Å².